The molecule has 0 fully saturated rings. The molecule has 0 aromatic rings. The van der Waals surface area contributed by atoms with Crippen LogP contribution in [0.3, 0.4) is 0 Å². The minimum atomic E-state index is -4.28. The number of hydrogen-bond acceptors (Lipinski definition) is 5. The Balaban J connectivity index is 4.81. The summed E-state index contributed by atoms with van der Waals surface area (Å²) < 4.78 is 57.1. The predicted octanol–water partition coefficient (Wildman–Crippen LogP) is 0.394. The van der Waals surface area contributed by atoms with E-state index in [0.29, 0.717) is 0 Å². The van der Waals surface area contributed by atoms with Crippen LogP contribution in [0.1, 0.15) is 13.8 Å². The van der Waals surface area contributed by atoms with Crippen molar-refractivity contribution in [1.82, 2.24) is 0 Å². The molecule has 1 atom stereocenters. The van der Waals surface area contributed by atoms with Crippen LogP contribution in [0.15, 0.2) is 12.3 Å². The van der Waals surface area contributed by atoms with E-state index in [1.54, 1.807) is 6.92 Å². The van der Waals surface area contributed by atoms with Gasteiger partial charge in [-0.2, -0.15) is 16.8 Å². The highest BCUT2D eigenvalue weighted by atomic mass is 32.2. The molecule has 0 aromatic carbocycles. The van der Waals surface area contributed by atoms with E-state index in [2.05, 4.69) is 16.0 Å². The van der Waals surface area contributed by atoms with Crippen molar-refractivity contribution in [2.45, 2.75) is 13.8 Å². The molecule has 6 nitrogen and oxygen atoms in total. The van der Waals surface area contributed by atoms with Gasteiger partial charge >= 0.3 is 10.1 Å². The van der Waals surface area contributed by atoms with Gasteiger partial charge in [0, 0.05) is 0 Å². The highest BCUT2D eigenvalue weighted by molar-refractivity contribution is 7.87. The first-order valence-electron chi connectivity index (χ1n) is 4.59. The molecule has 0 radical (unpaired) electrons. The fourth-order valence-electron chi connectivity index (χ4n) is 1.02. The van der Waals surface area contributed by atoms with Crippen LogP contribution in [0.4, 0.5) is 0 Å². The molecule has 0 saturated heterocycles. The normalized spacial score (nSPS) is 14.1. The molecule has 0 saturated carbocycles. The summed E-state index contributed by atoms with van der Waals surface area (Å²) in [6.45, 7) is 3.01. The molecule has 0 spiro atoms. The molecule has 8 heteroatoms. The average Bonchev–Trinajstić information content (AvgIpc) is 2.12. The van der Waals surface area contributed by atoms with Gasteiger partial charge in [-0.15, -0.1) is 5.92 Å². The summed E-state index contributed by atoms with van der Waals surface area (Å²) in [4.78, 5) is 0. The second-order valence-electron chi connectivity index (χ2n) is 3.13. The van der Waals surface area contributed by atoms with E-state index < -0.39 is 37.7 Å². The van der Waals surface area contributed by atoms with Crippen LogP contribution >= 0.6 is 0 Å². The molecule has 0 rings (SSSR count). The topological polar surface area (TPSA) is 97.7 Å². The molecule has 98 valence electrons. The Hall–Kier alpha value is -1.04. The van der Waals surface area contributed by atoms with E-state index in [0.717, 1.165) is 6.26 Å². The van der Waals surface area contributed by atoms with Crippen LogP contribution in [0, 0.1) is 17.8 Å². The second-order valence-corrected chi connectivity index (χ2v) is 6.27. The molecule has 0 aromatic heterocycles. The van der Waals surface area contributed by atoms with Crippen LogP contribution in [0.2, 0.25) is 0 Å². The first-order chi connectivity index (χ1) is 7.70. The zero-order valence-electron chi connectivity index (χ0n) is 9.45. The fraction of sp³-hybridized carbons (Fsp3) is 0.556. The minimum Gasteiger partial charge on any atom is -0.391 e. The highest BCUT2D eigenvalue weighted by Gasteiger charge is 2.22. The van der Waals surface area contributed by atoms with Crippen LogP contribution in [-0.4, -0.2) is 32.9 Å². The summed E-state index contributed by atoms with van der Waals surface area (Å²) in [6.07, 6.45) is 2.35. The molecular weight excluding hydrogens is 268 g/mol. The average molecular weight is 282 g/mol. The third kappa shape index (κ3) is 8.74. The lowest BCUT2D eigenvalue weighted by atomic mass is 10.2. The first-order valence-corrected chi connectivity index (χ1v) is 7.78. The lowest BCUT2D eigenvalue weighted by Crippen LogP contribution is -2.23. The van der Waals surface area contributed by atoms with E-state index in [-0.39, 0.29) is 0 Å². The van der Waals surface area contributed by atoms with E-state index in [1.807, 2.05) is 0 Å². The van der Waals surface area contributed by atoms with Crippen molar-refractivity contribution in [2.24, 2.45) is 5.92 Å². The van der Waals surface area contributed by atoms with Gasteiger partial charge in [-0.3, -0.25) is 4.55 Å². The van der Waals surface area contributed by atoms with Gasteiger partial charge < -0.3 is 4.18 Å². The number of allylic oxidation sites excluding steroid dienone is 1. The Morgan fingerprint density at radius 1 is 1.29 bits per heavy atom. The summed E-state index contributed by atoms with van der Waals surface area (Å²) in [6, 6.07) is 0. The molecule has 0 heterocycles. The third-order valence-electron chi connectivity index (χ3n) is 1.50. The maximum Gasteiger partial charge on any atom is 0.309 e. The molecule has 0 amide bonds. The smallest absolute Gasteiger partial charge is 0.309 e. The van der Waals surface area contributed by atoms with Crippen molar-refractivity contribution in [2.75, 3.05) is 11.5 Å². The van der Waals surface area contributed by atoms with Crippen LogP contribution in [0.25, 0.3) is 0 Å². The summed E-state index contributed by atoms with van der Waals surface area (Å²) in [5, 5.41) is 0. The van der Waals surface area contributed by atoms with Gasteiger partial charge in [0.15, 0.2) is 0 Å². The molecule has 1 unspecified atom stereocenters. The van der Waals surface area contributed by atoms with E-state index in [1.165, 1.54) is 13.0 Å². The predicted molar refractivity (Wildman–Crippen MR) is 63.0 cm³/mol. The van der Waals surface area contributed by atoms with Gasteiger partial charge in [-0.05, 0) is 13.8 Å². The summed E-state index contributed by atoms with van der Waals surface area (Å²) >= 11 is 0. The van der Waals surface area contributed by atoms with E-state index >= 15 is 0 Å². The van der Waals surface area contributed by atoms with Crippen LogP contribution in [0.5, 0.6) is 0 Å². The van der Waals surface area contributed by atoms with Crippen molar-refractivity contribution >= 4 is 20.2 Å². The molecular formula is C9H14O6S2. The number of hydrogen-bond donors (Lipinski definition) is 1. The Kier molecular flexibility index (Phi) is 6.23. The SMILES string of the molecule is CC#CC(CS(=O)(=O)O)CS(=O)(=O)OC=CC. The molecule has 17 heavy (non-hydrogen) atoms. The Labute approximate surface area is 102 Å². The van der Waals surface area contributed by atoms with Gasteiger partial charge in [0.25, 0.3) is 10.1 Å². The zero-order chi connectivity index (χ0) is 13.5. The minimum absolute atomic E-state index is 0.599. The zero-order valence-corrected chi connectivity index (χ0v) is 11.1. The molecule has 1 N–H and O–H groups in total. The fourth-order valence-corrected chi connectivity index (χ4v) is 2.93. The largest absolute Gasteiger partial charge is 0.391 e. The Morgan fingerprint density at radius 2 is 1.88 bits per heavy atom. The monoisotopic (exact) mass is 282 g/mol. The Bertz CT molecular complexity index is 518. The maximum atomic E-state index is 11.3. The van der Waals surface area contributed by atoms with Crippen molar-refractivity contribution < 1.29 is 25.6 Å². The van der Waals surface area contributed by atoms with Gasteiger partial charge in [-0.25, -0.2) is 0 Å². The lowest BCUT2D eigenvalue weighted by Gasteiger charge is -2.08. The molecule has 0 aliphatic carbocycles. The summed E-state index contributed by atoms with van der Waals surface area (Å²) in [7, 11) is -8.18. The van der Waals surface area contributed by atoms with Crippen LogP contribution < -0.4 is 0 Å². The van der Waals surface area contributed by atoms with Crippen LogP contribution in [-0.2, 0) is 24.4 Å². The van der Waals surface area contributed by atoms with Gasteiger partial charge in [0.1, 0.15) is 12.0 Å². The molecule has 0 aliphatic heterocycles. The van der Waals surface area contributed by atoms with Crippen molar-refractivity contribution in [3.63, 3.8) is 0 Å². The quantitative estimate of drug-likeness (QED) is 0.327. The van der Waals surface area contributed by atoms with Gasteiger partial charge in [0.2, 0.25) is 0 Å². The summed E-state index contributed by atoms with van der Waals surface area (Å²) in [5.41, 5.74) is 0. The second kappa shape index (κ2) is 6.64. The highest BCUT2D eigenvalue weighted by Crippen LogP contribution is 2.07. The van der Waals surface area contributed by atoms with E-state index in [4.69, 9.17) is 4.55 Å². The standard InChI is InChI=1S/C9H14O6S2/c1-3-5-9(7-16(10,11)12)8-17(13,14)15-6-4-2/h4,6,9H,7-8H2,1-2H3,(H,10,11,12). The van der Waals surface area contributed by atoms with Gasteiger partial charge in [0.05, 0.1) is 11.7 Å². The summed E-state index contributed by atoms with van der Waals surface area (Å²) in [5.74, 6) is 2.44. The van der Waals surface area contributed by atoms with E-state index in [9.17, 15) is 16.8 Å². The Morgan fingerprint density at radius 3 is 2.29 bits per heavy atom. The first kappa shape index (κ1) is 16.0. The third-order valence-corrected chi connectivity index (χ3v) is 3.54. The number of rotatable bonds is 6. The molecule has 0 bridgehead atoms. The van der Waals surface area contributed by atoms with Crippen molar-refractivity contribution in [3.8, 4) is 11.8 Å². The maximum absolute atomic E-state index is 11.3. The lowest BCUT2D eigenvalue weighted by molar-refractivity contribution is 0.437. The van der Waals surface area contributed by atoms with Gasteiger partial charge in [-0.1, -0.05) is 12.0 Å². The molecule has 0 aliphatic rings. The van der Waals surface area contributed by atoms with Crippen molar-refractivity contribution in [1.29, 1.82) is 0 Å². The van der Waals surface area contributed by atoms with Crippen molar-refractivity contribution in [3.05, 3.63) is 12.3 Å².